The maximum absolute atomic E-state index is 11.1. The quantitative estimate of drug-likeness (QED) is 0.425. The van der Waals surface area contributed by atoms with E-state index >= 15 is 0 Å². The van der Waals surface area contributed by atoms with Crippen LogP contribution in [0.5, 0.6) is 0 Å². The van der Waals surface area contributed by atoms with Gasteiger partial charge in [0.25, 0.3) is 0 Å². The molecule has 0 aromatic heterocycles. The largest absolute Gasteiger partial charge is 0.462 e. The Morgan fingerprint density at radius 1 is 1.35 bits per heavy atom. The van der Waals surface area contributed by atoms with Crippen molar-refractivity contribution < 1.29 is 9.53 Å². The highest BCUT2D eigenvalue weighted by Gasteiger charge is 2.06. The molecular weight excluding hydrogens is 212 g/mol. The molecule has 0 N–H and O–H groups in total. The highest BCUT2D eigenvalue weighted by molar-refractivity contribution is 5.86. The van der Waals surface area contributed by atoms with Crippen LogP contribution in [0.15, 0.2) is 42.5 Å². The first-order valence-electron chi connectivity index (χ1n) is 5.99. The van der Waals surface area contributed by atoms with Gasteiger partial charge >= 0.3 is 5.97 Å². The zero-order chi connectivity index (χ0) is 12.7. The summed E-state index contributed by atoms with van der Waals surface area (Å²) in [5.74, 6) is 0.206. The summed E-state index contributed by atoms with van der Waals surface area (Å²) >= 11 is 0. The molecule has 0 aliphatic heterocycles. The van der Waals surface area contributed by atoms with Crippen molar-refractivity contribution in [2.45, 2.75) is 32.6 Å². The van der Waals surface area contributed by atoms with Crippen molar-refractivity contribution in [2.24, 2.45) is 0 Å². The number of esters is 1. The molecule has 2 nitrogen and oxygen atoms in total. The van der Waals surface area contributed by atoms with Crippen molar-refractivity contribution in [3.05, 3.63) is 48.0 Å². The molecule has 1 unspecified atom stereocenters. The van der Waals surface area contributed by atoms with Crippen LogP contribution in [0.1, 0.15) is 38.2 Å². The van der Waals surface area contributed by atoms with Gasteiger partial charge in [-0.25, -0.2) is 4.79 Å². The molecule has 0 heterocycles. The fraction of sp³-hybridized carbons (Fsp3) is 0.400. The lowest BCUT2D eigenvalue weighted by Crippen LogP contribution is -2.07. The van der Waals surface area contributed by atoms with Gasteiger partial charge < -0.3 is 4.74 Å². The summed E-state index contributed by atoms with van der Waals surface area (Å²) in [5, 5.41) is 0. The van der Waals surface area contributed by atoms with Crippen molar-refractivity contribution in [2.75, 3.05) is 6.61 Å². The first kappa shape index (κ1) is 13.5. The van der Waals surface area contributed by atoms with E-state index in [2.05, 4.69) is 25.6 Å². The van der Waals surface area contributed by atoms with Crippen molar-refractivity contribution in [3.8, 4) is 0 Å². The third-order valence-electron chi connectivity index (χ3n) is 2.73. The van der Waals surface area contributed by atoms with E-state index in [9.17, 15) is 4.79 Å². The van der Waals surface area contributed by atoms with Crippen LogP contribution in [-0.2, 0) is 9.53 Å². The summed E-state index contributed by atoms with van der Waals surface area (Å²) in [4.78, 5) is 11.1. The molecular formula is C15H20O2. The average Bonchev–Trinajstić information content (AvgIpc) is 2.35. The summed E-state index contributed by atoms with van der Waals surface area (Å²) < 4.78 is 5.05. The number of carbonyl (C=O) groups excluding carboxylic acids is 1. The Balaban J connectivity index is 2.23. The van der Waals surface area contributed by atoms with Crippen LogP contribution in [0.25, 0.3) is 0 Å². The Hall–Kier alpha value is -1.57. The highest BCUT2D eigenvalue weighted by Crippen LogP contribution is 2.19. The lowest BCUT2D eigenvalue weighted by Gasteiger charge is -2.11. The van der Waals surface area contributed by atoms with Gasteiger partial charge in [-0.1, -0.05) is 43.8 Å². The lowest BCUT2D eigenvalue weighted by molar-refractivity contribution is -0.139. The summed E-state index contributed by atoms with van der Waals surface area (Å²) in [5.41, 5.74) is 1.79. The molecule has 1 aromatic rings. The molecule has 0 spiro atoms. The fourth-order valence-corrected chi connectivity index (χ4v) is 1.63. The van der Waals surface area contributed by atoms with Gasteiger partial charge in [0.05, 0.1) is 6.61 Å². The molecule has 1 aromatic carbocycles. The Morgan fingerprint density at radius 3 is 2.59 bits per heavy atom. The van der Waals surface area contributed by atoms with Crippen LogP contribution in [0, 0.1) is 0 Å². The fourth-order valence-electron chi connectivity index (χ4n) is 1.63. The van der Waals surface area contributed by atoms with Crippen molar-refractivity contribution >= 4 is 5.97 Å². The SMILES string of the molecule is C=C(C)C(=O)OCCCC(C)c1ccccc1. The number of carbonyl (C=O) groups is 1. The number of ether oxygens (including phenoxy) is 1. The second kappa shape index (κ2) is 6.89. The molecule has 17 heavy (non-hydrogen) atoms. The van der Waals surface area contributed by atoms with Crippen molar-refractivity contribution in [1.82, 2.24) is 0 Å². The minimum absolute atomic E-state index is 0.294. The minimum atomic E-state index is -0.294. The molecule has 92 valence electrons. The molecule has 0 amide bonds. The molecule has 0 saturated heterocycles. The Bertz CT molecular complexity index is 368. The third-order valence-corrected chi connectivity index (χ3v) is 2.73. The first-order chi connectivity index (χ1) is 8.11. The Labute approximate surface area is 103 Å². The van der Waals surface area contributed by atoms with Crippen LogP contribution < -0.4 is 0 Å². The van der Waals surface area contributed by atoms with Gasteiger partial charge in [0.1, 0.15) is 0 Å². The van der Waals surface area contributed by atoms with E-state index in [-0.39, 0.29) is 5.97 Å². The number of rotatable bonds is 6. The molecule has 0 aliphatic carbocycles. The highest BCUT2D eigenvalue weighted by atomic mass is 16.5. The molecule has 0 aliphatic rings. The molecule has 0 fully saturated rings. The lowest BCUT2D eigenvalue weighted by atomic mass is 9.97. The monoisotopic (exact) mass is 232 g/mol. The van der Waals surface area contributed by atoms with Gasteiger partial charge in [0, 0.05) is 5.57 Å². The van der Waals surface area contributed by atoms with E-state index in [1.54, 1.807) is 6.92 Å². The van der Waals surface area contributed by atoms with E-state index in [1.165, 1.54) is 5.56 Å². The molecule has 0 bridgehead atoms. The third kappa shape index (κ3) is 4.85. The van der Waals surface area contributed by atoms with Gasteiger partial charge in [0.15, 0.2) is 0 Å². The van der Waals surface area contributed by atoms with Gasteiger partial charge in [0.2, 0.25) is 0 Å². The Morgan fingerprint density at radius 2 is 2.00 bits per heavy atom. The summed E-state index contributed by atoms with van der Waals surface area (Å²) in [6.07, 6.45) is 1.91. The normalized spacial score (nSPS) is 11.9. The molecule has 0 saturated carbocycles. The maximum atomic E-state index is 11.1. The minimum Gasteiger partial charge on any atom is -0.462 e. The Kier molecular flexibility index (Phi) is 5.47. The van der Waals surface area contributed by atoms with E-state index < -0.39 is 0 Å². The summed E-state index contributed by atoms with van der Waals surface area (Å²) in [6.45, 7) is 7.87. The first-order valence-corrected chi connectivity index (χ1v) is 5.99. The van der Waals surface area contributed by atoms with E-state index in [1.807, 2.05) is 18.2 Å². The van der Waals surface area contributed by atoms with E-state index in [4.69, 9.17) is 4.74 Å². The second-order valence-electron chi connectivity index (χ2n) is 4.37. The van der Waals surface area contributed by atoms with Crippen LogP contribution in [0.4, 0.5) is 0 Å². The van der Waals surface area contributed by atoms with Crippen LogP contribution >= 0.6 is 0 Å². The van der Waals surface area contributed by atoms with E-state index in [0.29, 0.717) is 18.1 Å². The van der Waals surface area contributed by atoms with Gasteiger partial charge in [-0.2, -0.15) is 0 Å². The van der Waals surface area contributed by atoms with Crippen LogP contribution in [0.3, 0.4) is 0 Å². The smallest absolute Gasteiger partial charge is 0.333 e. The topological polar surface area (TPSA) is 26.3 Å². The summed E-state index contributed by atoms with van der Waals surface area (Å²) in [7, 11) is 0. The second-order valence-corrected chi connectivity index (χ2v) is 4.37. The van der Waals surface area contributed by atoms with Crippen LogP contribution in [-0.4, -0.2) is 12.6 Å². The predicted molar refractivity (Wildman–Crippen MR) is 69.9 cm³/mol. The number of benzene rings is 1. The summed E-state index contributed by atoms with van der Waals surface area (Å²) in [6, 6.07) is 10.4. The zero-order valence-corrected chi connectivity index (χ0v) is 10.6. The molecule has 1 rings (SSSR count). The maximum Gasteiger partial charge on any atom is 0.333 e. The van der Waals surface area contributed by atoms with Gasteiger partial charge in [-0.05, 0) is 31.2 Å². The number of hydrogen-bond acceptors (Lipinski definition) is 2. The zero-order valence-electron chi connectivity index (χ0n) is 10.6. The molecule has 1 atom stereocenters. The van der Waals surface area contributed by atoms with Crippen molar-refractivity contribution in [3.63, 3.8) is 0 Å². The molecule has 0 radical (unpaired) electrons. The van der Waals surface area contributed by atoms with Gasteiger partial charge in [-0.15, -0.1) is 0 Å². The predicted octanol–water partition coefficient (Wildman–Crippen LogP) is 3.69. The molecule has 2 heteroatoms. The standard InChI is InChI=1S/C15H20O2/c1-12(2)15(16)17-11-7-8-13(3)14-9-5-4-6-10-14/h4-6,9-10,13H,1,7-8,11H2,2-3H3. The van der Waals surface area contributed by atoms with Crippen molar-refractivity contribution in [1.29, 1.82) is 0 Å². The van der Waals surface area contributed by atoms with Crippen LogP contribution in [0.2, 0.25) is 0 Å². The van der Waals surface area contributed by atoms with E-state index in [0.717, 1.165) is 12.8 Å². The van der Waals surface area contributed by atoms with Gasteiger partial charge in [-0.3, -0.25) is 0 Å². The number of hydrogen-bond donors (Lipinski definition) is 0. The average molecular weight is 232 g/mol.